The van der Waals surface area contributed by atoms with Crippen LogP contribution in [0.4, 0.5) is 11.4 Å². The normalized spacial score (nSPS) is 21.7. The summed E-state index contributed by atoms with van der Waals surface area (Å²) in [5.74, 6) is 0.256. The van der Waals surface area contributed by atoms with Crippen molar-refractivity contribution in [2.24, 2.45) is 0 Å². The number of fused-ring (bicyclic) bond motifs is 2. The third-order valence-corrected chi connectivity index (χ3v) is 6.95. The SMILES string of the molecule is O=C1CN(C(=O)C[NH+]2CCC[C@@H](c3nc4ccccc4s3)C2)c2ccccc2N1. The minimum atomic E-state index is -0.141. The molecule has 0 bridgehead atoms. The molecule has 1 aromatic heterocycles. The lowest BCUT2D eigenvalue weighted by molar-refractivity contribution is -0.898. The van der Waals surface area contributed by atoms with E-state index in [1.165, 1.54) is 14.6 Å². The molecule has 148 valence electrons. The number of benzene rings is 2. The maximum absolute atomic E-state index is 13.1. The van der Waals surface area contributed by atoms with Gasteiger partial charge in [0, 0.05) is 0 Å². The first kappa shape index (κ1) is 18.3. The van der Waals surface area contributed by atoms with Crippen LogP contribution < -0.4 is 15.1 Å². The Kier molecular flexibility index (Phi) is 4.77. The number of quaternary nitrogens is 1. The molecular weight excluding hydrogens is 384 g/mol. The zero-order valence-corrected chi connectivity index (χ0v) is 16.9. The molecule has 0 radical (unpaired) electrons. The quantitative estimate of drug-likeness (QED) is 0.698. The van der Waals surface area contributed by atoms with E-state index < -0.39 is 0 Å². The zero-order chi connectivity index (χ0) is 19.8. The van der Waals surface area contributed by atoms with Gasteiger partial charge in [-0.05, 0) is 37.1 Å². The van der Waals surface area contributed by atoms with Crippen molar-refractivity contribution in [1.29, 1.82) is 0 Å². The molecule has 1 fully saturated rings. The molecule has 29 heavy (non-hydrogen) atoms. The zero-order valence-electron chi connectivity index (χ0n) is 16.1. The highest BCUT2D eigenvalue weighted by atomic mass is 32.1. The first-order valence-corrected chi connectivity index (χ1v) is 10.9. The average molecular weight is 408 g/mol. The number of carbonyl (C=O) groups is 2. The van der Waals surface area contributed by atoms with Crippen LogP contribution in [0.1, 0.15) is 23.8 Å². The maximum atomic E-state index is 13.1. The largest absolute Gasteiger partial charge is 0.327 e. The van der Waals surface area contributed by atoms with Gasteiger partial charge in [-0.1, -0.05) is 24.3 Å². The molecule has 1 saturated heterocycles. The number of likely N-dealkylation sites (tertiary alicyclic amines) is 1. The molecular formula is C22H23N4O2S+. The van der Waals surface area contributed by atoms with E-state index in [0.29, 0.717) is 18.2 Å². The molecule has 3 aromatic rings. The maximum Gasteiger partial charge on any atom is 0.282 e. The fourth-order valence-corrected chi connectivity index (χ4v) is 5.45. The Morgan fingerprint density at radius 1 is 1.21 bits per heavy atom. The van der Waals surface area contributed by atoms with E-state index in [2.05, 4.69) is 17.4 Å². The smallest absolute Gasteiger partial charge is 0.282 e. The first-order valence-electron chi connectivity index (χ1n) is 10.1. The molecule has 0 saturated carbocycles. The number of piperidine rings is 1. The molecule has 0 spiro atoms. The summed E-state index contributed by atoms with van der Waals surface area (Å²) >= 11 is 1.77. The van der Waals surface area contributed by atoms with Crippen molar-refractivity contribution in [3.8, 4) is 0 Å². The van der Waals surface area contributed by atoms with Gasteiger partial charge < -0.3 is 10.2 Å². The summed E-state index contributed by atoms with van der Waals surface area (Å²) in [5.41, 5.74) is 2.56. The number of rotatable bonds is 3. The minimum Gasteiger partial charge on any atom is -0.327 e. The van der Waals surface area contributed by atoms with Crippen molar-refractivity contribution in [3.05, 3.63) is 53.5 Å². The Bertz CT molecular complexity index is 1050. The van der Waals surface area contributed by atoms with E-state index in [1.807, 2.05) is 36.4 Å². The number of aromatic nitrogens is 1. The minimum absolute atomic E-state index is 0.00671. The summed E-state index contributed by atoms with van der Waals surface area (Å²) < 4.78 is 1.22. The van der Waals surface area contributed by atoms with Crippen molar-refractivity contribution in [1.82, 2.24) is 4.98 Å². The van der Waals surface area contributed by atoms with E-state index in [0.717, 1.165) is 37.1 Å². The predicted octanol–water partition coefficient (Wildman–Crippen LogP) is 2.04. The molecule has 2 amide bonds. The van der Waals surface area contributed by atoms with Gasteiger partial charge >= 0.3 is 0 Å². The second-order valence-corrected chi connectivity index (χ2v) is 8.85. The number of hydrogen-bond acceptors (Lipinski definition) is 4. The summed E-state index contributed by atoms with van der Waals surface area (Å²) in [6, 6.07) is 15.7. The van der Waals surface area contributed by atoms with Crippen molar-refractivity contribution in [3.63, 3.8) is 0 Å². The number of nitrogens with one attached hydrogen (secondary N) is 2. The van der Waals surface area contributed by atoms with Gasteiger partial charge in [-0.2, -0.15) is 0 Å². The van der Waals surface area contributed by atoms with Crippen molar-refractivity contribution in [2.75, 3.05) is 36.4 Å². The van der Waals surface area contributed by atoms with E-state index >= 15 is 0 Å². The van der Waals surface area contributed by atoms with Gasteiger partial charge in [-0.15, -0.1) is 11.3 Å². The molecule has 6 nitrogen and oxygen atoms in total. The molecule has 1 unspecified atom stereocenters. The van der Waals surface area contributed by atoms with Gasteiger partial charge in [0.25, 0.3) is 5.91 Å². The third kappa shape index (κ3) is 3.63. The molecule has 7 heteroatoms. The monoisotopic (exact) mass is 407 g/mol. The number of nitrogens with zero attached hydrogens (tertiary/aromatic N) is 2. The Morgan fingerprint density at radius 2 is 2.03 bits per heavy atom. The Labute approximate surface area is 173 Å². The molecule has 3 heterocycles. The summed E-state index contributed by atoms with van der Waals surface area (Å²) in [6.45, 7) is 2.38. The second kappa shape index (κ2) is 7.57. The summed E-state index contributed by atoms with van der Waals surface area (Å²) in [6.07, 6.45) is 2.20. The summed E-state index contributed by atoms with van der Waals surface area (Å²) in [5, 5.41) is 4.02. The highest BCUT2D eigenvalue weighted by Crippen LogP contribution is 2.31. The fraction of sp³-hybridized carbons (Fsp3) is 0.318. The molecule has 5 rings (SSSR count). The third-order valence-electron chi connectivity index (χ3n) is 5.75. The second-order valence-electron chi connectivity index (χ2n) is 7.79. The summed E-state index contributed by atoms with van der Waals surface area (Å²) in [7, 11) is 0. The average Bonchev–Trinajstić information content (AvgIpc) is 3.17. The molecule has 2 N–H and O–H groups in total. The van der Waals surface area contributed by atoms with Crippen molar-refractivity contribution >= 4 is 44.7 Å². The first-order chi connectivity index (χ1) is 14.2. The molecule has 0 aliphatic carbocycles. The lowest BCUT2D eigenvalue weighted by atomic mass is 9.98. The van der Waals surface area contributed by atoms with Gasteiger partial charge in [0.1, 0.15) is 11.6 Å². The lowest BCUT2D eigenvalue weighted by Gasteiger charge is -2.32. The number of amides is 2. The van der Waals surface area contributed by atoms with Crippen molar-refractivity contribution < 1.29 is 14.5 Å². The van der Waals surface area contributed by atoms with Gasteiger partial charge in [-0.3, -0.25) is 14.5 Å². The van der Waals surface area contributed by atoms with E-state index in [4.69, 9.17) is 4.98 Å². The van der Waals surface area contributed by atoms with Crippen LogP contribution in [-0.2, 0) is 9.59 Å². The Hall–Kier alpha value is -2.77. The van der Waals surface area contributed by atoms with Crippen LogP contribution in [0.2, 0.25) is 0 Å². The Morgan fingerprint density at radius 3 is 2.93 bits per heavy atom. The fourth-order valence-electron chi connectivity index (χ4n) is 4.35. The molecule has 2 aliphatic heterocycles. The standard InChI is InChI=1S/C22H22N4O2S/c27-20-13-26(18-9-3-1-7-16(18)23-20)21(28)14-25-11-5-6-15(12-25)22-24-17-8-2-4-10-19(17)29-22/h1-4,7-10,15H,5-6,11-14H2,(H,23,27)/p+1/t15-/m1/s1. The molecule has 2 aromatic carbocycles. The number of carbonyl (C=O) groups excluding carboxylic acids is 2. The van der Waals surface area contributed by atoms with Crippen LogP contribution in [0.25, 0.3) is 10.2 Å². The van der Waals surface area contributed by atoms with Gasteiger partial charge in [0.05, 0.1) is 40.6 Å². The summed E-state index contributed by atoms with van der Waals surface area (Å²) in [4.78, 5) is 32.8. The van der Waals surface area contributed by atoms with Crippen LogP contribution >= 0.6 is 11.3 Å². The predicted molar refractivity (Wildman–Crippen MR) is 115 cm³/mol. The van der Waals surface area contributed by atoms with Gasteiger partial charge in [0.15, 0.2) is 6.54 Å². The number of para-hydroxylation sites is 3. The number of thiazole rings is 1. The Balaban J connectivity index is 1.30. The van der Waals surface area contributed by atoms with Crippen molar-refractivity contribution in [2.45, 2.75) is 18.8 Å². The lowest BCUT2D eigenvalue weighted by Crippen LogP contribution is -3.14. The van der Waals surface area contributed by atoms with Crippen LogP contribution in [0.15, 0.2) is 48.5 Å². The van der Waals surface area contributed by atoms with Crippen LogP contribution in [-0.4, -0.2) is 43.0 Å². The molecule has 2 aliphatic rings. The van der Waals surface area contributed by atoms with Crippen LogP contribution in [0.3, 0.4) is 0 Å². The highest BCUT2D eigenvalue weighted by Gasteiger charge is 2.32. The van der Waals surface area contributed by atoms with Gasteiger partial charge in [-0.25, -0.2) is 4.98 Å². The highest BCUT2D eigenvalue weighted by molar-refractivity contribution is 7.18. The number of anilines is 2. The molecule has 2 atom stereocenters. The van der Waals surface area contributed by atoms with E-state index in [9.17, 15) is 9.59 Å². The van der Waals surface area contributed by atoms with Gasteiger partial charge in [0.2, 0.25) is 5.91 Å². The van der Waals surface area contributed by atoms with E-state index in [1.54, 1.807) is 16.2 Å². The van der Waals surface area contributed by atoms with E-state index in [-0.39, 0.29) is 18.4 Å². The van der Waals surface area contributed by atoms with Crippen LogP contribution in [0, 0.1) is 0 Å². The topological polar surface area (TPSA) is 66.7 Å². The van der Waals surface area contributed by atoms with Crippen LogP contribution in [0.5, 0.6) is 0 Å². The number of hydrogen-bond donors (Lipinski definition) is 2.